The topological polar surface area (TPSA) is 72.1 Å². The third kappa shape index (κ3) is 3.07. The van der Waals surface area contributed by atoms with E-state index in [1.807, 2.05) is 35.7 Å². The summed E-state index contributed by atoms with van der Waals surface area (Å²) in [6.45, 7) is 1.51. The Morgan fingerprint density at radius 3 is 2.64 bits per heavy atom. The fourth-order valence-corrected chi connectivity index (χ4v) is 4.30. The van der Waals surface area contributed by atoms with Crippen molar-refractivity contribution >= 4 is 45.6 Å². The summed E-state index contributed by atoms with van der Waals surface area (Å²) in [5, 5.41) is 3.61. The SMILES string of the molecule is NC(=O)C1CCN(c2nc(-c3sccc3Cl)nc3ccccc23)CC1. The summed E-state index contributed by atoms with van der Waals surface area (Å²) in [5.74, 6) is 1.28. The molecule has 5 nitrogen and oxygen atoms in total. The molecule has 2 N–H and O–H groups in total. The predicted octanol–water partition coefficient (Wildman–Crippen LogP) is 3.71. The van der Waals surface area contributed by atoms with E-state index < -0.39 is 0 Å². The van der Waals surface area contributed by atoms with Crippen molar-refractivity contribution in [3.05, 3.63) is 40.7 Å². The molecule has 0 saturated carbocycles. The van der Waals surface area contributed by atoms with Crippen LogP contribution in [0.4, 0.5) is 5.82 Å². The highest BCUT2D eigenvalue weighted by atomic mass is 35.5. The Balaban J connectivity index is 1.77. The molecule has 4 rings (SSSR count). The Bertz CT molecular complexity index is 934. The number of anilines is 1. The van der Waals surface area contributed by atoms with Gasteiger partial charge < -0.3 is 10.6 Å². The maximum Gasteiger partial charge on any atom is 0.220 e. The lowest BCUT2D eigenvalue weighted by molar-refractivity contribution is -0.122. The fraction of sp³-hybridized carbons (Fsp3) is 0.278. The summed E-state index contributed by atoms with van der Waals surface area (Å²) in [7, 11) is 0. The van der Waals surface area contributed by atoms with Gasteiger partial charge in [0.15, 0.2) is 5.82 Å². The van der Waals surface area contributed by atoms with E-state index >= 15 is 0 Å². The Kier molecular flexibility index (Phi) is 4.31. The monoisotopic (exact) mass is 372 g/mol. The van der Waals surface area contributed by atoms with Gasteiger partial charge in [-0.25, -0.2) is 9.97 Å². The zero-order chi connectivity index (χ0) is 17.4. The molecule has 1 amide bonds. The lowest BCUT2D eigenvalue weighted by Crippen LogP contribution is -2.39. The highest BCUT2D eigenvalue weighted by Gasteiger charge is 2.25. The zero-order valence-electron chi connectivity index (χ0n) is 13.5. The molecule has 0 aliphatic carbocycles. The molecule has 25 heavy (non-hydrogen) atoms. The minimum absolute atomic E-state index is 0.0458. The van der Waals surface area contributed by atoms with Gasteiger partial charge in [0, 0.05) is 24.4 Å². The van der Waals surface area contributed by atoms with Crippen LogP contribution in [0.25, 0.3) is 21.6 Å². The Hall–Kier alpha value is -2.18. The van der Waals surface area contributed by atoms with Crippen LogP contribution in [0.3, 0.4) is 0 Å². The number of carbonyl (C=O) groups excluding carboxylic acids is 1. The van der Waals surface area contributed by atoms with Gasteiger partial charge in [-0.3, -0.25) is 4.79 Å². The number of hydrogen-bond acceptors (Lipinski definition) is 5. The average Bonchev–Trinajstić information content (AvgIpc) is 3.07. The van der Waals surface area contributed by atoms with Crippen molar-refractivity contribution in [1.29, 1.82) is 0 Å². The van der Waals surface area contributed by atoms with Crippen LogP contribution >= 0.6 is 22.9 Å². The van der Waals surface area contributed by atoms with Crippen LogP contribution in [0.1, 0.15) is 12.8 Å². The van der Waals surface area contributed by atoms with Gasteiger partial charge in [-0.1, -0.05) is 23.7 Å². The van der Waals surface area contributed by atoms with Crippen LogP contribution in [0, 0.1) is 5.92 Å². The number of nitrogens with two attached hydrogens (primary N) is 1. The fourth-order valence-electron chi connectivity index (χ4n) is 3.23. The van der Waals surface area contributed by atoms with Gasteiger partial charge in [0.2, 0.25) is 5.91 Å². The van der Waals surface area contributed by atoms with Crippen molar-refractivity contribution < 1.29 is 4.79 Å². The first kappa shape index (κ1) is 16.3. The summed E-state index contributed by atoms with van der Waals surface area (Å²) < 4.78 is 0. The van der Waals surface area contributed by atoms with Crippen molar-refractivity contribution in [1.82, 2.24) is 9.97 Å². The quantitative estimate of drug-likeness (QED) is 0.760. The molecule has 2 aromatic heterocycles. The number of piperidine rings is 1. The van der Waals surface area contributed by atoms with Gasteiger partial charge in [-0.2, -0.15) is 0 Å². The van der Waals surface area contributed by atoms with Gasteiger partial charge in [-0.05, 0) is 36.4 Å². The lowest BCUT2D eigenvalue weighted by atomic mass is 9.96. The van der Waals surface area contributed by atoms with Crippen LogP contribution < -0.4 is 10.6 Å². The molecular formula is C18H17ClN4OS. The van der Waals surface area contributed by atoms with Crippen LogP contribution in [0.2, 0.25) is 5.02 Å². The van der Waals surface area contributed by atoms with Crippen molar-refractivity contribution in [2.75, 3.05) is 18.0 Å². The van der Waals surface area contributed by atoms with E-state index in [0.29, 0.717) is 10.8 Å². The maximum absolute atomic E-state index is 11.4. The number of aromatic nitrogens is 2. The summed E-state index contributed by atoms with van der Waals surface area (Å²) in [6, 6.07) is 9.84. The summed E-state index contributed by atoms with van der Waals surface area (Å²) in [6.07, 6.45) is 1.51. The number of thiophene rings is 1. The van der Waals surface area contributed by atoms with Crippen molar-refractivity contribution in [2.24, 2.45) is 11.7 Å². The van der Waals surface area contributed by atoms with Gasteiger partial charge in [0.25, 0.3) is 0 Å². The minimum Gasteiger partial charge on any atom is -0.369 e. The smallest absolute Gasteiger partial charge is 0.220 e. The molecular weight excluding hydrogens is 356 g/mol. The van der Waals surface area contributed by atoms with E-state index in [4.69, 9.17) is 27.3 Å². The number of fused-ring (bicyclic) bond motifs is 1. The van der Waals surface area contributed by atoms with Crippen LogP contribution in [0.15, 0.2) is 35.7 Å². The van der Waals surface area contributed by atoms with E-state index in [-0.39, 0.29) is 11.8 Å². The summed E-state index contributed by atoms with van der Waals surface area (Å²) >= 11 is 7.82. The zero-order valence-corrected chi connectivity index (χ0v) is 15.1. The molecule has 0 unspecified atom stereocenters. The third-order valence-corrected chi connectivity index (χ3v) is 5.94. The average molecular weight is 373 g/mol. The highest BCUT2D eigenvalue weighted by molar-refractivity contribution is 7.14. The molecule has 1 aromatic carbocycles. The van der Waals surface area contributed by atoms with Crippen LogP contribution in [0.5, 0.6) is 0 Å². The minimum atomic E-state index is -0.210. The molecule has 3 aromatic rings. The maximum atomic E-state index is 11.4. The molecule has 1 fully saturated rings. The Morgan fingerprint density at radius 1 is 1.20 bits per heavy atom. The number of nitrogens with zero attached hydrogens (tertiary/aromatic N) is 3. The standard InChI is InChI=1S/C18H17ClN4OS/c19-13-7-10-25-15(13)17-21-14-4-2-1-3-12(14)18(22-17)23-8-5-11(6-9-23)16(20)24/h1-4,7,10-11H,5-6,8-9H2,(H2,20,24). The van der Waals surface area contributed by atoms with E-state index in [9.17, 15) is 4.79 Å². The number of hydrogen-bond donors (Lipinski definition) is 1. The second-order valence-corrected chi connectivity index (χ2v) is 7.47. The molecule has 128 valence electrons. The van der Waals surface area contributed by atoms with E-state index in [1.54, 1.807) is 0 Å². The highest BCUT2D eigenvalue weighted by Crippen LogP contribution is 2.35. The number of para-hydroxylation sites is 1. The molecule has 0 radical (unpaired) electrons. The summed E-state index contributed by atoms with van der Waals surface area (Å²) in [4.78, 5) is 24.0. The Labute approximate surface area is 154 Å². The molecule has 0 atom stereocenters. The van der Waals surface area contributed by atoms with Crippen molar-refractivity contribution in [2.45, 2.75) is 12.8 Å². The van der Waals surface area contributed by atoms with Crippen molar-refractivity contribution in [3.63, 3.8) is 0 Å². The largest absolute Gasteiger partial charge is 0.369 e. The molecule has 3 heterocycles. The van der Waals surface area contributed by atoms with Gasteiger partial charge in [0.05, 0.1) is 15.4 Å². The number of halogens is 1. The second-order valence-electron chi connectivity index (χ2n) is 6.15. The van der Waals surface area contributed by atoms with E-state index in [1.165, 1.54) is 11.3 Å². The number of amides is 1. The van der Waals surface area contributed by atoms with Crippen LogP contribution in [-0.4, -0.2) is 29.0 Å². The Morgan fingerprint density at radius 2 is 1.96 bits per heavy atom. The normalized spacial score (nSPS) is 15.6. The second kappa shape index (κ2) is 6.61. The van der Waals surface area contributed by atoms with Gasteiger partial charge in [-0.15, -0.1) is 11.3 Å². The first-order valence-electron chi connectivity index (χ1n) is 8.18. The molecule has 1 aliphatic rings. The molecule has 0 bridgehead atoms. The van der Waals surface area contributed by atoms with Gasteiger partial charge >= 0.3 is 0 Å². The number of benzene rings is 1. The first-order valence-corrected chi connectivity index (χ1v) is 9.43. The number of rotatable bonds is 3. The van der Waals surface area contributed by atoms with E-state index in [0.717, 1.165) is 47.5 Å². The molecule has 0 spiro atoms. The first-order chi connectivity index (χ1) is 12.1. The molecule has 1 aliphatic heterocycles. The molecule has 1 saturated heterocycles. The number of primary amides is 1. The summed E-state index contributed by atoms with van der Waals surface area (Å²) in [5.41, 5.74) is 6.34. The molecule has 7 heteroatoms. The lowest BCUT2D eigenvalue weighted by Gasteiger charge is -2.32. The van der Waals surface area contributed by atoms with Gasteiger partial charge in [0.1, 0.15) is 5.82 Å². The predicted molar refractivity (Wildman–Crippen MR) is 102 cm³/mol. The number of carbonyl (C=O) groups is 1. The van der Waals surface area contributed by atoms with Crippen LogP contribution in [-0.2, 0) is 4.79 Å². The van der Waals surface area contributed by atoms with E-state index in [2.05, 4.69) is 4.90 Å². The third-order valence-electron chi connectivity index (χ3n) is 4.60. The van der Waals surface area contributed by atoms with Crippen molar-refractivity contribution in [3.8, 4) is 10.7 Å².